The number of nitro groups is 1. The van der Waals surface area contributed by atoms with Crippen molar-refractivity contribution < 1.29 is 14.5 Å². The van der Waals surface area contributed by atoms with Crippen LogP contribution in [0.15, 0.2) is 42.6 Å². The monoisotopic (exact) mass is 313 g/mol. The van der Waals surface area contributed by atoms with E-state index in [4.69, 9.17) is 4.74 Å². The van der Waals surface area contributed by atoms with E-state index in [0.29, 0.717) is 17.3 Å². The minimum absolute atomic E-state index is 0.000490. The van der Waals surface area contributed by atoms with E-state index in [2.05, 4.69) is 10.3 Å². The maximum atomic E-state index is 11.9. The highest BCUT2D eigenvalue weighted by Crippen LogP contribution is 2.28. The summed E-state index contributed by atoms with van der Waals surface area (Å²) in [5.74, 6) is 1.46. The number of rotatable bonds is 5. The number of aromatic nitrogens is 1. The zero-order valence-corrected chi connectivity index (χ0v) is 12.3. The van der Waals surface area contributed by atoms with E-state index in [9.17, 15) is 14.9 Å². The lowest BCUT2D eigenvalue weighted by molar-refractivity contribution is -0.384. The molecule has 7 nitrogen and oxygen atoms in total. The van der Waals surface area contributed by atoms with Crippen molar-refractivity contribution in [3.05, 3.63) is 52.7 Å². The Morgan fingerprint density at radius 1 is 1.22 bits per heavy atom. The van der Waals surface area contributed by atoms with Crippen LogP contribution in [0.25, 0.3) is 0 Å². The maximum Gasteiger partial charge on any atom is 0.269 e. The van der Waals surface area contributed by atoms with Crippen molar-refractivity contribution >= 4 is 17.4 Å². The number of hydrogen-bond donors (Lipinski definition) is 1. The van der Waals surface area contributed by atoms with Gasteiger partial charge in [-0.2, -0.15) is 0 Å². The van der Waals surface area contributed by atoms with Crippen LogP contribution < -0.4 is 10.1 Å². The van der Waals surface area contributed by atoms with Gasteiger partial charge in [0.05, 0.1) is 4.92 Å². The molecule has 1 aliphatic carbocycles. The summed E-state index contributed by atoms with van der Waals surface area (Å²) in [6, 6.07) is 9.06. The van der Waals surface area contributed by atoms with E-state index in [0.717, 1.165) is 19.3 Å². The van der Waals surface area contributed by atoms with Crippen molar-refractivity contribution in [3.8, 4) is 11.5 Å². The number of anilines is 1. The maximum absolute atomic E-state index is 11.9. The molecular formula is C16H15N3O4. The molecule has 23 heavy (non-hydrogen) atoms. The van der Waals surface area contributed by atoms with E-state index in [1.165, 1.54) is 30.5 Å². The zero-order chi connectivity index (χ0) is 16.2. The van der Waals surface area contributed by atoms with E-state index < -0.39 is 4.92 Å². The third-order valence-corrected chi connectivity index (χ3v) is 3.74. The number of nitrogens with one attached hydrogen (secondary N) is 1. The molecule has 0 spiro atoms. The van der Waals surface area contributed by atoms with Crippen molar-refractivity contribution in [2.75, 3.05) is 5.32 Å². The molecule has 1 amide bonds. The number of ether oxygens (including phenoxy) is 1. The molecule has 7 heteroatoms. The first-order valence-electron chi connectivity index (χ1n) is 7.31. The molecular weight excluding hydrogens is 298 g/mol. The number of hydrogen-bond acceptors (Lipinski definition) is 5. The predicted octanol–water partition coefficient (Wildman–Crippen LogP) is 3.52. The molecule has 0 bridgehead atoms. The van der Waals surface area contributed by atoms with Gasteiger partial charge < -0.3 is 10.1 Å². The Balaban J connectivity index is 1.67. The number of nitrogens with zero attached hydrogens (tertiary/aromatic N) is 2. The Labute approximate surface area is 132 Å². The number of nitro benzene ring substituents is 1. The van der Waals surface area contributed by atoms with Crippen molar-refractivity contribution in [1.82, 2.24) is 4.98 Å². The lowest BCUT2D eigenvalue weighted by atomic mass is 9.85. The number of pyridine rings is 1. The summed E-state index contributed by atoms with van der Waals surface area (Å²) in [6.07, 6.45) is 4.47. The van der Waals surface area contributed by atoms with Gasteiger partial charge in [-0.1, -0.05) is 6.42 Å². The second kappa shape index (κ2) is 6.43. The van der Waals surface area contributed by atoms with Crippen LogP contribution >= 0.6 is 0 Å². The van der Waals surface area contributed by atoms with Crippen LogP contribution in [0.3, 0.4) is 0 Å². The summed E-state index contributed by atoms with van der Waals surface area (Å²) >= 11 is 0. The van der Waals surface area contributed by atoms with Gasteiger partial charge in [0.1, 0.15) is 17.3 Å². The number of carbonyl (C=O) groups is 1. The van der Waals surface area contributed by atoms with Gasteiger partial charge in [-0.25, -0.2) is 4.98 Å². The summed E-state index contributed by atoms with van der Waals surface area (Å²) in [6.45, 7) is 0. The predicted molar refractivity (Wildman–Crippen MR) is 83.4 cm³/mol. The van der Waals surface area contributed by atoms with Crippen molar-refractivity contribution in [2.45, 2.75) is 19.3 Å². The Bertz CT molecular complexity index is 726. The summed E-state index contributed by atoms with van der Waals surface area (Å²) in [5.41, 5.74) is 0.000490. The largest absolute Gasteiger partial charge is 0.457 e. The Morgan fingerprint density at radius 3 is 2.57 bits per heavy atom. The van der Waals surface area contributed by atoms with Gasteiger partial charge in [-0.15, -0.1) is 0 Å². The summed E-state index contributed by atoms with van der Waals surface area (Å²) in [7, 11) is 0. The SMILES string of the molecule is O=C(Nc1cc(Oc2ccc([N+](=O)[O-])cc2)ccn1)C1CCC1. The second-order valence-electron chi connectivity index (χ2n) is 5.35. The molecule has 1 saturated carbocycles. The molecule has 118 valence electrons. The summed E-state index contributed by atoms with van der Waals surface area (Å²) in [4.78, 5) is 26.2. The smallest absolute Gasteiger partial charge is 0.269 e. The molecule has 1 aromatic heterocycles. The molecule has 1 heterocycles. The molecule has 1 aliphatic rings. The van der Waals surface area contributed by atoms with Crippen molar-refractivity contribution in [3.63, 3.8) is 0 Å². The molecule has 3 rings (SSSR count). The van der Waals surface area contributed by atoms with E-state index >= 15 is 0 Å². The molecule has 1 aromatic carbocycles. The Hall–Kier alpha value is -2.96. The zero-order valence-electron chi connectivity index (χ0n) is 12.3. The molecule has 0 aliphatic heterocycles. The van der Waals surface area contributed by atoms with Crippen LogP contribution in [-0.4, -0.2) is 15.8 Å². The van der Waals surface area contributed by atoms with E-state index in [1.807, 2.05) is 0 Å². The van der Waals surface area contributed by atoms with Gasteiger partial charge in [-0.3, -0.25) is 14.9 Å². The molecule has 1 N–H and O–H groups in total. The first kappa shape index (κ1) is 15.0. The van der Waals surface area contributed by atoms with Crippen LogP contribution in [0.5, 0.6) is 11.5 Å². The van der Waals surface area contributed by atoms with Gasteiger partial charge in [-0.05, 0) is 31.0 Å². The number of amides is 1. The summed E-state index contributed by atoms with van der Waals surface area (Å²) in [5, 5.41) is 13.4. The van der Waals surface area contributed by atoms with Crippen LogP contribution in [-0.2, 0) is 4.79 Å². The molecule has 0 atom stereocenters. The van der Waals surface area contributed by atoms with Crippen molar-refractivity contribution in [1.29, 1.82) is 0 Å². The van der Waals surface area contributed by atoms with Gasteiger partial charge >= 0.3 is 0 Å². The van der Waals surface area contributed by atoms with Crippen LogP contribution in [0.2, 0.25) is 0 Å². The fourth-order valence-electron chi connectivity index (χ4n) is 2.21. The molecule has 1 fully saturated rings. The third kappa shape index (κ3) is 3.63. The van der Waals surface area contributed by atoms with Gasteiger partial charge in [0, 0.05) is 30.3 Å². The molecule has 0 unspecified atom stereocenters. The number of non-ortho nitro benzene ring substituents is 1. The first-order chi connectivity index (χ1) is 11.1. The Morgan fingerprint density at radius 2 is 1.96 bits per heavy atom. The minimum atomic E-state index is -0.468. The van der Waals surface area contributed by atoms with Gasteiger partial charge in [0.2, 0.25) is 5.91 Å². The van der Waals surface area contributed by atoms with Crippen LogP contribution in [0.1, 0.15) is 19.3 Å². The highest BCUT2D eigenvalue weighted by molar-refractivity contribution is 5.92. The normalized spacial score (nSPS) is 13.9. The lowest BCUT2D eigenvalue weighted by Gasteiger charge is -2.23. The average Bonchev–Trinajstić information content (AvgIpc) is 2.46. The first-order valence-corrected chi connectivity index (χ1v) is 7.31. The number of benzene rings is 1. The van der Waals surface area contributed by atoms with Crippen LogP contribution in [0.4, 0.5) is 11.5 Å². The van der Waals surface area contributed by atoms with Gasteiger partial charge in [0.15, 0.2) is 0 Å². The summed E-state index contributed by atoms with van der Waals surface area (Å²) < 4.78 is 5.62. The standard InChI is InChI=1S/C16H15N3O4/c20-16(11-2-1-3-11)18-15-10-14(8-9-17-15)23-13-6-4-12(5-7-13)19(21)22/h4-11H,1-3H2,(H,17,18,20). The third-order valence-electron chi connectivity index (χ3n) is 3.74. The lowest BCUT2D eigenvalue weighted by Crippen LogP contribution is -2.28. The van der Waals surface area contributed by atoms with Gasteiger partial charge in [0.25, 0.3) is 5.69 Å². The minimum Gasteiger partial charge on any atom is -0.457 e. The van der Waals surface area contributed by atoms with Crippen molar-refractivity contribution in [2.24, 2.45) is 5.92 Å². The fourth-order valence-corrected chi connectivity index (χ4v) is 2.21. The molecule has 2 aromatic rings. The molecule has 0 radical (unpaired) electrons. The second-order valence-corrected chi connectivity index (χ2v) is 5.35. The van der Waals surface area contributed by atoms with E-state index in [1.54, 1.807) is 12.1 Å². The highest BCUT2D eigenvalue weighted by Gasteiger charge is 2.25. The van der Waals surface area contributed by atoms with Crippen LogP contribution in [0, 0.1) is 16.0 Å². The topological polar surface area (TPSA) is 94.4 Å². The fraction of sp³-hybridized carbons (Fsp3) is 0.250. The highest BCUT2D eigenvalue weighted by atomic mass is 16.6. The van der Waals surface area contributed by atoms with E-state index in [-0.39, 0.29) is 17.5 Å². The quantitative estimate of drug-likeness (QED) is 0.673. The Kier molecular flexibility index (Phi) is 4.18. The molecule has 0 saturated heterocycles. The number of carbonyl (C=O) groups excluding carboxylic acids is 1. The average molecular weight is 313 g/mol.